The molecule has 0 fully saturated rings. The van der Waals surface area contributed by atoms with Crippen LogP contribution in [0, 0.1) is 5.92 Å². The molecule has 0 spiro atoms. The molecule has 106 valence electrons. The molecule has 19 heavy (non-hydrogen) atoms. The molecule has 1 unspecified atom stereocenters. The maximum Gasteiger partial charge on any atom is 0.335 e. The van der Waals surface area contributed by atoms with Gasteiger partial charge in [0.25, 0.3) is 0 Å². The van der Waals surface area contributed by atoms with Gasteiger partial charge >= 0.3 is 5.97 Å². The highest BCUT2D eigenvalue weighted by Crippen LogP contribution is 2.17. The van der Waals surface area contributed by atoms with Crippen LogP contribution in [0.4, 0.5) is 5.82 Å². The Morgan fingerprint density at radius 2 is 2.05 bits per heavy atom. The number of carbonyl (C=O) groups is 1. The van der Waals surface area contributed by atoms with E-state index in [1.165, 1.54) is 0 Å². The molecule has 4 nitrogen and oxygen atoms in total. The topological polar surface area (TPSA) is 62.2 Å². The lowest BCUT2D eigenvalue weighted by molar-refractivity contribution is 0.0696. The first-order valence-electron chi connectivity index (χ1n) is 6.98. The van der Waals surface area contributed by atoms with Crippen molar-refractivity contribution >= 4 is 11.8 Å². The van der Waals surface area contributed by atoms with E-state index in [9.17, 15) is 4.79 Å². The highest BCUT2D eigenvalue weighted by Gasteiger charge is 2.14. The minimum atomic E-state index is -0.902. The number of nitrogens with one attached hydrogen (secondary N) is 1. The highest BCUT2D eigenvalue weighted by atomic mass is 16.4. The number of rotatable bonds is 7. The lowest BCUT2D eigenvalue weighted by Crippen LogP contribution is -2.25. The number of aromatic nitrogens is 1. The third-order valence-electron chi connectivity index (χ3n) is 3.21. The van der Waals surface area contributed by atoms with Crippen LogP contribution in [-0.4, -0.2) is 22.1 Å². The van der Waals surface area contributed by atoms with Gasteiger partial charge in [-0.25, -0.2) is 9.78 Å². The molecule has 1 aromatic rings. The van der Waals surface area contributed by atoms with Crippen LogP contribution in [0.25, 0.3) is 0 Å². The van der Waals surface area contributed by atoms with E-state index in [1.807, 2.05) is 0 Å². The van der Waals surface area contributed by atoms with E-state index in [0.717, 1.165) is 25.0 Å². The summed E-state index contributed by atoms with van der Waals surface area (Å²) < 4.78 is 0. The van der Waals surface area contributed by atoms with Crippen molar-refractivity contribution in [2.45, 2.75) is 53.0 Å². The Balaban J connectivity index is 3.01. The third kappa shape index (κ3) is 4.54. The molecule has 0 bridgehead atoms. The van der Waals surface area contributed by atoms with Crippen molar-refractivity contribution in [1.29, 1.82) is 0 Å². The molecule has 0 aromatic carbocycles. The molecule has 0 radical (unpaired) electrons. The maximum absolute atomic E-state index is 11.1. The summed E-state index contributed by atoms with van der Waals surface area (Å²) in [5.74, 6) is 0.249. The van der Waals surface area contributed by atoms with Crippen LogP contribution < -0.4 is 5.32 Å². The average Bonchev–Trinajstić information content (AvgIpc) is 2.35. The number of carboxylic acid groups (broad SMARTS) is 1. The minimum Gasteiger partial charge on any atom is -0.478 e. The Morgan fingerprint density at radius 1 is 1.37 bits per heavy atom. The van der Waals surface area contributed by atoms with Crippen LogP contribution in [0.5, 0.6) is 0 Å². The van der Waals surface area contributed by atoms with E-state index in [0.29, 0.717) is 23.3 Å². The zero-order valence-electron chi connectivity index (χ0n) is 12.2. The number of nitrogens with zero attached hydrogens (tertiary/aromatic N) is 1. The number of hydrogen-bond donors (Lipinski definition) is 2. The van der Waals surface area contributed by atoms with Crippen molar-refractivity contribution < 1.29 is 9.90 Å². The lowest BCUT2D eigenvalue weighted by Gasteiger charge is -2.21. The first-order valence-corrected chi connectivity index (χ1v) is 6.98. The van der Waals surface area contributed by atoms with Crippen LogP contribution in [0.2, 0.25) is 0 Å². The van der Waals surface area contributed by atoms with Crippen molar-refractivity contribution in [2.24, 2.45) is 5.92 Å². The van der Waals surface area contributed by atoms with Gasteiger partial charge in [0, 0.05) is 11.7 Å². The van der Waals surface area contributed by atoms with Crippen molar-refractivity contribution in [3.05, 3.63) is 23.4 Å². The molecule has 2 N–H and O–H groups in total. The zero-order chi connectivity index (χ0) is 14.4. The Hall–Kier alpha value is -1.58. The van der Waals surface area contributed by atoms with Gasteiger partial charge < -0.3 is 10.4 Å². The van der Waals surface area contributed by atoms with E-state index in [-0.39, 0.29) is 0 Å². The molecular weight excluding hydrogens is 240 g/mol. The molecule has 1 atom stereocenters. The molecule has 0 saturated heterocycles. The predicted molar refractivity (Wildman–Crippen MR) is 77.7 cm³/mol. The van der Waals surface area contributed by atoms with Crippen LogP contribution in [0.1, 0.15) is 56.6 Å². The monoisotopic (exact) mass is 264 g/mol. The Labute approximate surface area is 115 Å². The SMILES string of the molecule is CCCc1cc(C(=O)O)cc(NC(CC)C(C)C)n1. The average molecular weight is 264 g/mol. The molecule has 1 heterocycles. The van der Waals surface area contributed by atoms with Crippen molar-refractivity contribution in [1.82, 2.24) is 4.98 Å². The predicted octanol–water partition coefficient (Wildman–Crippen LogP) is 3.58. The van der Waals surface area contributed by atoms with E-state index in [2.05, 4.69) is 38.0 Å². The number of pyridine rings is 1. The fraction of sp³-hybridized carbons (Fsp3) is 0.600. The summed E-state index contributed by atoms with van der Waals surface area (Å²) in [5, 5.41) is 12.5. The fourth-order valence-electron chi connectivity index (χ4n) is 2.10. The molecule has 0 saturated carbocycles. The van der Waals surface area contributed by atoms with Crippen LogP contribution in [0.15, 0.2) is 12.1 Å². The summed E-state index contributed by atoms with van der Waals surface area (Å²) in [4.78, 5) is 15.6. The lowest BCUT2D eigenvalue weighted by atomic mass is 10.0. The molecule has 0 aliphatic rings. The quantitative estimate of drug-likeness (QED) is 0.790. The van der Waals surface area contributed by atoms with E-state index < -0.39 is 5.97 Å². The number of anilines is 1. The number of hydrogen-bond acceptors (Lipinski definition) is 3. The second kappa shape index (κ2) is 7.12. The minimum absolute atomic E-state index is 0.305. The molecule has 4 heteroatoms. The van der Waals surface area contributed by atoms with Gasteiger partial charge in [-0.1, -0.05) is 34.1 Å². The zero-order valence-corrected chi connectivity index (χ0v) is 12.2. The molecule has 0 amide bonds. The molecule has 0 aliphatic carbocycles. The van der Waals surface area contributed by atoms with Crippen LogP contribution in [-0.2, 0) is 6.42 Å². The van der Waals surface area contributed by atoms with Gasteiger partial charge in [0.1, 0.15) is 5.82 Å². The van der Waals surface area contributed by atoms with Crippen molar-refractivity contribution in [3.8, 4) is 0 Å². The Morgan fingerprint density at radius 3 is 2.53 bits per heavy atom. The molecular formula is C15H24N2O2. The largest absolute Gasteiger partial charge is 0.478 e. The maximum atomic E-state index is 11.1. The van der Waals surface area contributed by atoms with Gasteiger partial charge in [-0.15, -0.1) is 0 Å². The van der Waals surface area contributed by atoms with E-state index >= 15 is 0 Å². The first kappa shape index (κ1) is 15.5. The molecule has 1 rings (SSSR count). The normalized spacial score (nSPS) is 12.5. The van der Waals surface area contributed by atoms with Gasteiger partial charge in [0.15, 0.2) is 0 Å². The molecule has 0 aliphatic heterocycles. The van der Waals surface area contributed by atoms with Gasteiger partial charge in [0.2, 0.25) is 0 Å². The van der Waals surface area contributed by atoms with E-state index in [4.69, 9.17) is 5.11 Å². The first-order chi connectivity index (χ1) is 8.97. The summed E-state index contributed by atoms with van der Waals surface area (Å²) in [6.07, 6.45) is 2.74. The summed E-state index contributed by atoms with van der Waals surface area (Å²) in [7, 11) is 0. The second-order valence-corrected chi connectivity index (χ2v) is 5.19. The van der Waals surface area contributed by atoms with E-state index in [1.54, 1.807) is 12.1 Å². The van der Waals surface area contributed by atoms with Crippen molar-refractivity contribution in [3.63, 3.8) is 0 Å². The van der Waals surface area contributed by atoms with Gasteiger partial charge in [-0.05, 0) is 30.9 Å². The summed E-state index contributed by atoms with van der Waals surface area (Å²) in [6, 6.07) is 3.59. The summed E-state index contributed by atoms with van der Waals surface area (Å²) >= 11 is 0. The Bertz CT molecular complexity index is 430. The smallest absolute Gasteiger partial charge is 0.335 e. The van der Waals surface area contributed by atoms with Gasteiger partial charge in [0.05, 0.1) is 5.56 Å². The van der Waals surface area contributed by atoms with Crippen molar-refractivity contribution in [2.75, 3.05) is 5.32 Å². The number of aromatic carboxylic acids is 1. The standard InChI is InChI=1S/C15H24N2O2/c1-5-7-12-8-11(15(18)19)9-14(16-12)17-13(6-2)10(3)4/h8-10,13H,5-7H2,1-4H3,(H,16,17)(H,18,19). The summed E-state index contributed by atoms with van der Waals surface area (Å²) in [5.41, 5.74) is 1.14. The van der Waals surface area contributed by atoms with Gasteiger partial charge in [-0.3, -0.25) is 0 Å². The third-order valence-corrected chi connectivity index (χ3v) is 3.21. The van der Waals surface area contributed by atoms with Gasteiger partial charge in [-0.2, -0.15) is 0 Å². The Kier molecular flexibility index (Phi) is 5.80. The van der Waals surface area contributed by atoms with Crippen LogP contribution in [0.3, 0.4) is 0 Å². The second-order valence-electron chi connectivity index (χ2n) is 5.19. The fourth-order valence-corrected chi connectivity index (χ4v) is 2.10. The summed E-state index contributed by atoms with van der Waals surface area (Å²) in [6.45, 7) is 8.47. The van der Waals surface area contributed by atoms with Crippen LogP contribution >= 0.6 is 0 Å². The highest BCUT2D eigenvalue weighted by molar-refractivity contribution is 5.88. The molecule has 1 aromatic heterocycles. The number of carboxylic acids is 1. The number of aryl methyl sites for hydroxylation is 1.